The molecule has 0 saturated carbocycles. The van der Waals surface area contributed by atoms with Crippen molar-refractivity contribution in [3.05, 3.63) is 63.9 Å². The molecule has 2 aromatic carbocycles. The smallest absolute Gasteiger partial charge is 0.235 e. The molecule has 28 heavy (non-hydrogen) atoms. The van der Waals surface area contributed by atoms with Crippen LogP contribution in [0, 0.1) is 5.82 Å². The second-order valence-electron chi connectivity index (χ2n) is 6.26. The maximum atomic E-state index is 13.9. The monoisotopic (exact) mass is 425 g/mol. The molecule has 2 aromatic rings. The van der Waals surface area contributed by atoms with Crippen LogP contribution in [0.15, 0.2) is 36.4 Å². The number of hydrogen-bond donors (Lipinski definition) is 0. The van der Waals surface area contributed by atoms with E-state index in [-0.39, 0.29) is 34.4 Å². The summed E-state index contributed by atoms with van der Waals surface area (Å²) in [5, 5.41) is 0.228. The first-order valence-corrected chi connectivity index (χ1v) is 10.3. The lowest BCUT2D eigenvalue weighted by molar-refractivity contribution is -0.127. The predicted molar refractivity (Wildman–Crippen MR) is 108 cm³/mol. The highest BCUT2D eigenvalue weighted by atomic mass is 35.5. The molecule has 150 valence electrons. The molecule has 2 rings (SSSR count). The van der Waals surface area contributed by atoms with E-state index in [9.17, 15) is 18.2 Å². The van der Waals surface area contributed by atoms with Crippen LogP contribution in [0.3, 0.4) is 0 Å². The largest absolute Gasteiger partial charge is 0.496 e. The van der Waals surface area contributed by atoms with Crippen LogP contribution >= 0.6 is 11.6 Å². The number of methoxy groups -OCH3 is 1. The van der Waals surface area contributed by atoms with E-state index in [2.05, 4.69) is 0 Å². The number of carbonyl (C=O) groups is 2. The lowest BCUT2D eigenvalue weighted by Crippen LogP contribution is -2.31. The number of nitrogens with zero attached hydrogens (tertiary/aromatic N) is 1. The summed E-state index contributed by atoms with van der Waals surface area (Å²) < 4.78 is 31.6. The van der Waals surface area contributed by atoms with Gasteiger partial charge in [0.15, 0.2) is 5.78 Å². The van der Waals surface area contributed by atoms with E-state index in [0.717, 1.165) is 0 Å². The Kier molecular flexibility index (Phi) is 7.71. The predicted octanol–water partition coefficient (Wildman–Crippen LogP) is 3.60. The van der Waals surface area contributed by atoms with E-state index >= 15 is 0 Å². The van der Waals surface area contributed by atoms with Crippen LogP contribution in [-0.4, -0.2) is 40.7 Å². The molecule has 1 amide bonds. The van der Waals surface area contributed by atoms with Gasteiger partial charge in [0.2, 0.25) is 5.91 Å². The molecule has 0 saturated heterocycles. The average molecular weight is 426 g/mol. The van der Waals surface area contributed by atoms with Crippen LogP contribution in [0.1, 0.15) is 28.4 Å². The van der Waals surface area contributed by atoms with Crippen molar-refractivity contribution in [1.29, 1.82) is 0 Å². The lowest BCUT2D eigenvalue weighted by atomic mass is 10.1. The van der Waals surface area contributed by atoms with Crippen molar-refractivity contribution >= 4 is 34.1 Å². The number of halogens is 2. The number of ketones is 1. The maximum absolute atomic E-state index is 13.9. The summed E-state index contributed by atoms with van der Waals surface area (Å²) in [4.78, 5) is 25.2. The molecular formula is C20H21ClFNO4S. The van der Waals surface area contributed by atoms with Crippen LogP contribution in [0.25, 0.3) is 0 Å². The molecule has 0 bridgehead atoms. The normalized spacial score (nSPS) is 11.8. The Morgan fingerprint density at radius 3 is 2.57 bits per heavy atom. The zero-order valence-corrected chi connectivity index (χ0v) is 17.4. The van der Waals surface area contributed by atoms with Crippen LogP contribution in [0.2, 0.25) is 5.02 Å². The number of carbonyl (C=O) groups excluding carboxylic acids is 2. The summed E-state index contributed by atoms with van der Waals surface area (Å²) in [5.41, 5.74) is 1.27. The number of hydrogen-bond acceptors (Lipinski definition) is 4. The first kappa shape index (κ1) is 22.0. The molecule has 0 N–H and O–H groups in total. The molecule has 1 atom stereocenters. The SMILES string of the molecule is COc1ccc(C(C)=O)cc1CS(=O)CC(=O)N(C)Cc1c(F)cccc1Cl. The van der Waals surface area contributed by atoms with Crippen LogP contribution < -0.4 is 4.74 Å². The van der Waals surface area contributed by atoms with Gasteiger partial charge in [-0.05, 0) is 37.3 Å². The Morgan fingerprint density at radius 2 is 1.96 bits per heavy atom. The summed E-state index contributed by atoms with van der Waals surface area (Å²) in [6.45, 7) is 1.42. The van der Waals surface area contributed by atoms with Gasteiger partial charge in [-0.25, -0.2) is 4.39 Å². The Morgan fingerprint density at radius 1 is 1.25 bits per heavy atom. The highest BCUT2D eigenvalue weighted by molar-refractivity contribution is 7.84. The van der Waals surface area contributed by atoms with Crippen molar-refractivity contribution in [3.63, 3.8) is 0 Å². The third kappa shape index (κ3) is 5.62. The minimum absolute atomic E-state index is 0.0231. The zero-order chi connectivity index (χ0) is 20.8. The average Bonchev–Trinajstić information content (AvgIpc) is 2.64. The number of amides is 1. The van der Waals surface area contributed by atoms with E-state index in [1.54, 1.807) is 24.3 Å². The Labute approximate surface area is 170 Å². The number of rotatable bonds is 8. The quantitative estimate of drug-likeness (QED) is 0.606. The van der Waals surface area contributed by atoms with Crippen molar-refractivity contribution in [2.45, 2.75) is 19.2 Å². The topological polar surface area (TPSA) is 63.7 Å². The van der Waals surface area contributed by atoms with Crippen molar-refractivity contribution in [2.24, 2.45) is 0 Å². The van der Waals surface area contributed by atoms with Gasteiger partial charge in [-0.1, -0.05) is 17.7 Å². The number of ether oxygens (including phenoxy) is 1. The Bertz CT molecular complexity index is 899. The first-order chi connectivity index (χ1) is 13.2. The molecule has 8 heteroatoms. The minimum atomic E-state index is -1.53. The highest BCUT2D eigenvalue weighted by Crippen LogP contribution is 2.23. The van der Waals surface area contributed by atoms with Crippen LogP contribution in [-0.2, 0) is 27.9 Å². The van der Waals surface area contributed by atoms with Crippen LogP contribution in [0.4, 0.5) is 4.39 Å². The van der Waals surface area contributed by atoms with Crippen LogP contribution in [0.5, 0.6) is 5.75 Å². The van der Waals surface area contributed by atoms with Gasteiger partial charge >= 0.3 is 0 Å². The van der Waals surface area contributed by atoms with E-state index < -0.39 is 22.5 Å². The van der Waals surface area contributed by atoms with Gasteiger partial charge in [0.1, 0.15) is 17.3 Å². The van der Waals surface area contributed by atoms with Crippen molar-refractivity contribution in [2.75, 3.05) is 19.9 Å². The number of benzene rings is 2. The summed E-state index contributed by atoms with van der Waals surface area (Å²) in [6, 6.07) is 9.19. The molecule has 0 fully saturated rings. The van der Waals surface area contributed by atoms with E-state index in [4.69, 9.17) is 16.3 Å². The molecule has 0 aliphatic rings. The van der Waals surface area contributed by atoms with Gasteiger partial charge in [0.05, 0.1) is 12.9 Å². The van der Waals surface area contributed by atoms with Gasteiger partial charge in [0.25, 0.3) is 0 Å². The summed E-state index contributed by atoms with van der Waals surface area (Å²) in [7, 11) is 1.44. The Hall–Kier alpha value is -2.25. The summed E-state index contributed by atoms with van der Waals surface area (Å²) in [5.74, 6) is -0.705. The van der Waals surface area contributed by atoms with Gasteiger partial charge < -0.3 is 9.64 Å². The maximum Gasteiger partial charge on any atom is 0.235 e. The minimum Gasteiger partial charge on any atom is -0.496 e. The first-order valence-electron chi connectivity index (χ1n) is 8.42. The van der Waals surface area contributed by atoms with Gasteiger partial charge in [0, 0.05) is 46.1 Å². The highest BCUT2D eigenvalue weighted by Gasteiger charge is 2.18. The fraction of sp³-hybridized carbons (Fsp3) is 0.300. The van der Waals surface area contributed by atoms with Crippen molar-refractivity contribution in [1.82, 2.24) is 4.90 Å². The number of Topliss-reactive ketones (excluding diaryl/α,β-unsaturated/α-hetero) is 1. The third-order valence-electron chi connectivity index (χ3n) is 4.17. The standard InChI is InChI=1S/C20H21ClFNO4S/c1-13(24)14-7-8-19(27-3)15(9-14)11-28(26)12-20(25)23(2)10-16-17(21)5-4-6-18(16)22/h4-9H,10-12H2,1-3H3. The Balaban J connectivity index is 2.05. The molecule has 0 spiro atoms. The molecular weight excluding hydrogens is 405 g/mol. The molecule has 0 aliphatic carbocycles. The van der Waals surface area contributed by atoms with E-state index in [1.165, 1.54) is 38.1 Å². The van der Waals surface area contributed by atoms with Gasteiger partial charge in [-0.2, -0.15) is 0 Å². The molecule has 0 aromatic heterocycles. The fourth-order valence-corrected chi connectivity index (χ4v) is 3.98. The molecule has 0 aliphatic heterocycles. The van der Waals surface area contributed by atoms with Crippen molar-refractivity contribution in [3.8, 4) is 5.75 Å². The zero-order valence-electron chi connectivity index (χ0n) is 15.8. The molecule has 0 heterocycles. The van der Waals surface area contributed by atoms with Gasteiger partial charge in [-0.3, -0.25) is 13.8 Å². The van der Waals surface area contributed by atoms with Gasteiger partial charge in [-0.15, -0.1) is 0 Å². The lowest BCUT2D eigenvalue weighted by Gasteiger charge is -2.18. The summed E-state index contributed by atoms with van der Waals surface area (Å²) >= 11 is 5.99. The second-order valence-corrected chi connectivity index (χ2v) is 8.13. The van der Waals surface area contributed by atoms with Crippen molar-refractivity contribution < 1.29 is 22.9 Å². The second kappa shape index (κ2) is 9.80. The van der Waals surface area contributed by atoms with E-state index in [0.29, 0.717) is 16.9 Å². The molecule has 1 unspecified atom stereocenters. The summed E-state index contributed by atoms with van der Waals surface area (Å²) in [6.07, 6.45) is 0. The molecule has 5 nitrogen and oxygen atoms in total. The van der Waals surface area contributed by atoms with E-state index in [1.807, 2.05) is 0 Å². The third-order valence-corrected chi connectivity index (χ3v) is 5.73. The fourth-order valence-electron chi connectivity index (χ4n) is 2.59. The molecule has 0 radical (unpaired) electrons.